The largest absolute Gasteiger partial charge is 0.497 e. The number of Topliss-reactive ketones (excluding diaryl/α,β-unsaturated/α-hetero) is 1. The second-order valence-electron chi connectivity index (χ2n) is 13.2. The van der Waals surface area contributed by atoms with Gasteiger partial charge in [-0.05, 0) is 134 Å². The van der Waals surface area contributed by atoms with Crippen LogP contribution < -0.4 is 18.9 Å². The summed E-state index contributed by atoms with van der Waals surface area (Å²) in [6, 6.07) is 35.3. The van der Waals surface area contributed by atoms with Gasteiger partial charge in [0.05, 0.1) is 18.2 Å². The molecule has 1 heterocycles. The zero-order valence-corrected chi connectivity index (χ0v) is 29.7. The zero-order chi connectivity index (χ0) is 36.6. The van der Waals surface area contributed by atoms with Crippen molar-refractivity contribution in [1.82, 2.24) is 4.90 Å². The van der Waals surface area contributed by atoms with Gasteiger partial charge >= 0.3 is 11.9 Å². The number of fused-ring (bicyclic) bond motifs is 1. The molecular formula is C45H41NO7. The lowest BCUT2D eigenvalue weighted by Crippen LogP contribution is -2.33. The number of carbonyl (C=O) groups excluding carboxylic acids is 3. The van der Waals surface area contributed by atoms with E-state index < -0.39 is 11.9 Å². The minimum Gasteiger partial charge on any atom is -0.497 e. The molecule has 0 amide bonds. The van der Waals surface area contributed by atoms with Crippen LogP contribution in [0.25, 0.3) is 11.1 Å². The fourth-order valence-corrected chi connectivity index (χ4v) is 6.89. The summed E-state index contributed by atoms with van der Waals surface area (Å²) in [6.45, 7) is 3.69. The molecule has 5 aromatic rings. The lowest BCUT2D eigenvalue weighted by molar-refractivity contribution is 0.0682. The van der Waals surface area contributed by atoms with E-state index in [2.05, 4.69) is 4.90 Å². The third kappa shape index (κ3) is 8.40. The second-order valence-corrected chi connectivity index (χ2v) is 13.2. The third-order valence-corrected chi connectivity index (χ3v) is 9.71. The second kappa shape index (κ2) is 16.6. The predicted octanol–water partition coefficient (Wildman–Crippen LogP) is 8.74. The predicted molar refractivity (Wildman–Crippen MR) is 204 cm³/mol. The Morgan fingerprint density at radius 3 is 1.92 bits per heavy atom. The monoisotopic (exact) mass is 707 g/mol. The van der Waals surface area contributed by atoms with Crippen LogP contribution in [0.3, 0.4) is 0 Å². The van der Waals surface area contributed by atoms with Gasteiger partial charge in [-0.2, -0.15) is 0 Å². The SMILES string of the molecule is COc1ccc2c(c1)CCC(c1ccc(OC(=O)c3ccccc3)c(OC(=O)c3ccccc3)c1)=C2C(=O)c1ccc(OCCN2CCCCC2)cc1. The molecule has 0 N–H and O–H groups in total. The van der Waals surface area contributed by atoms with E-state index in [-0.39, 0.29) is 17.3 Å². The van der Waals surface area contributed by atoms with E-state index in [1.54, 1.807) is 86.0 Å². The molecule has 5 aromatic carbocycles. The van der Waals surface area contributed by atoms with Crippen LogP contribution in [0.2, 0.25) is 0 Å². The Kier molecular flexibility index (Phi) is 11.1. The summed E-state index contributed by atoms with van der Waals surface area (Å²) >= 11 is 0. The summed E-state index contributed by atoms with van der Waals surface area (Å²) in [4.78, 5) is 43.4. The van der Waals surface area contributed by atoms with E-state index in [1.807, 2.05) is 42.5 Å². The van der Waals surface area contributed by atoms with Gasteiger partial charge in [-0.1, -0.05) is 55.0 Å². The molecule has 0 unspecified atom stereocenters. The van der Waals surface area contributed by atoms with E-state index in [0.29, 0.717) is 58.8 Å². The molecule has 53 heavy (non-hydrogen) atoms. The Balaban J connectivity index is 1.23. The quantitative estimate of drug-likeness (QED) is 0.0723. The molecule has 0 spiro atoms. The number of ketones is 1. The fourth-order valence-electron chi connectivity index (χ4n) is 6.89. The molecule has 0 radical (unpaired) electrons. The van der Waals surface area contributed by atoms with Gasteiger partial charge in [-0.15, -0.1) is 0 Å². The number of rotatable bonds is 12. The number of carbonyl (C=O) groups is 3. The van der Waals surface area contributed by atoms with Crippen molar-refractivity contribution in [3.8, 4) is 23.0 Å². The number of ether oxygens (including phenoxy) is 4. The Labute approximate surface area is 309 Å². The molecule has 0 saturated carbocycles. The average molecular weight is 708 g/mol. The number of aryl methyl sites for hydroxylation is 1. The number of piperidine rings is 1. The van der Waals surface area contributed by atoms with Crippen LogP contribution in [-0.4, -0.2) is 56.0 Å². The summed E-state index contributed by atoms with van der Waals surface area (Å²) < 4.78 is 23.3. The molecule has 0 aromatic heterocycles. The number of nitrogens with zero attached hydrogens (tertiary/aromatic N) is 1. The first-order valence-corrected chi connectivity index (χ1v) is 18.1. The van der Waals surface area contributed by atoms with Gasteiger partial charge in [-0.3, -0.25) is 9.69 Å². The van der Waals surface area contributed by atoms with Crippen molar-refractivity contribution >= 4 is 28.9 Å². The van der Waals surface area contributed by atoms with Gasteiger partial charge in [0.15, 0.2) is 17.3 Å². The number of likely N-dealkylation sites (tertiary alicyclic amines) is 1. The van der Waals surface area contributed by atoms with Crippen molar-refractivity contribution in [1.29, 1.82) is 0 Å². The number of benzene rings is 5. The molecule has 1 fully saturated rings. The Bertz CT molecular complexity index is 2120. The van der Waals surface area contributed by atoms with E-state index in [4.69, 9.17) is 18.9 Å². The molecule has 268 valence electrons. The molecular weight excluding hydrogens is 666 g/mol. The van der Waals surface area contributed by atoms with Crippen molar-refractivity contribution in [3.05, 3.63) is 155 Å². The molecule has 0 bridgehead atoms. The van der Waals surface area contributed by atoms with E-state index in [1.165, 1.54) is 19.3 Å². The maximum absolute atomic E-state index is 14.6. The minimum absolute atomic E-state index is 0.0616. The molecule has 7 rings (SSSR count). The molecule has 1 aliphatic heterocycles. The third-order valence-electron chi connectivity index (χ3n) is 9.71. The van der Waals surface area contributed by atoms with Gasteiger partial charge in [-0.25, -0.2) is 9.59 Å². The summed E-state index contributed by atoms with van der Waals surface area (Å²) in [5.74, 6) is 0.225. The van der Waals surface area contributed by atoms with Crippen LogP contribution in [0.5, 0.6) is 23.0 Å². The molecule has 8 heteroatoms. The maximum Gasteiger partial charge on any atom is 0.343 e. The topological polar surface area (TPSA) is 91.4 Å². The smallest absolute Gasteiger partial charge is 0.343 e. The zero-order valence-electron chi connectivity index (χ0n) is 29.7. The first-order valence-electron chi connectivity index (χ1n) is 18.1. The fraction of sp³-hybridized carbons (Fsp3) is 0.222. The molecule has 1 saturated heterocycles. The highest BCUT2D eigenvalue weighted by atomic mass is 16.6. The lowest BCUT2D eigenvalue weighted by atomic mass is 9.79. The molecule has 0 atom stereocenters. The Hall–Kier alpha value is -5.99. The molecule has 8 nitrogen and oxygen atoms in total. The summed E-state index contributed by atoms with van der Waals surface area (Å²) in [5, 5.41) is 0. The van der Waals surface area contributed by atoms with Gasteiger partial charge in [0.2, 0.25) is 0 Å². The van der Waals surface area contributed by atoms with Crippen LogP contribution in [0, 0.1) is 0 Å². The lowest BCUT2D eigenvalue weighted by Gasteiger charge is -2.26. The Morgan fingerprint density at radius 1 is 0.623 bits per heavy atom. The average Bonchev–Trinajstić information content (AvgIpc) is 3.21. The first-order chi connectivity index (χ1) is 26.0. The van der Waals surface area contributed by atoms with Crippen LogP contribution in [0.4, 0.5) is 0 Å². The first kappa shape index (κ1) is 35.4. The standard InChI is InChI=1S/C45H41NO7/c1-50-37-21-23-39-34(29-37)17-22-38(42(39)43(47)31-15-19-36(20-16-31)51-28-27-46-25-9-4-10-26-46)35-18-24-40(52-44(48)32-11-5-2-6-12-32)41(30-35)53-45(49)33-13-7-3-8-14-33/h2-3,5-8,11-16,18-21,23-24,29-30H,4,9-10,17,22,25-28H2,1H3. The van der Waals surface area contributed by atoms with Crippen molar-refractivity contribution in [2.24, 2.45) is 0 Å². The van der Waals surface area contributed by atoms with Gasteiger partial charge < -0.3 is 18.9 Å². The van der Waals surface area contributed by atoms with Crippen LogP contribution in [-0.2, 0) is 6.42 Å². The van der Waals surface area contributed by atoms with Gasteiger partial charge in [0.1, 0.15) is 18.1 Å². The summed E-state index contributed by atoms with van der Waals surface area (Å²) in [6.07, 6.45) is 4.95. The highest BCUT2D eigenvalue weighted by molar-refractivity contribution is 6.35. The molecule has 2 aliphatic rings. The van der Waals surface area contributed by atoms with Crippen molar-refractivity contribution < 1.29 is 33.3 Å². The van der Waals surface area contributed by atoms with Crippen LogP contribution in [0.1, 0.15) is 73.4 Å². The van der Waals surface area contributed by atoms with E-state index in [0.717, 1.165) is 36.3 Å². The number of methoxy groups -OCH3 is 1. The molecule has 1 aliphatic carbocycles. The van der Waals surface area contributed by atoms with Crippen molar-refractivity contribution in [3.63, 3.8) is 0 Å². The van der Waals surface area contributed by atoms with Gasteiger partial charge in [0, 0.05) is 17.7 Å². The van der Waals surface area contributed by atoms with E-state index in [9.17, 15) is 14.4 Å². The maximum atomic E-state index is 14.6. The Morgan fingerprint density at radius 2 is 1.26 bits per heavy atom. The van der Waals surface area contributed by atoms with Crippen molar-refractivity contribution in [2.45, 2.75) is 32.1 Å². The normalized spacial score (nSPS) is 14.2. The minimum atomic E-state index is -0.607. The number of hydrogen-bond donors (Lipinski definition) is 0. The van der Waals surface area contributed by atoms with E-state index >= 15 is 0 Å². The summed E-state index contributed by atoms with van der Waals surface area (Å²) in [5.41, 5.74) is 5.02. The highest BCUT2D eigenvalue weighted by Gasteiger charge is 2.28. The number of hydrogen-bond acceptors (Lipinski definition) is 8. The van der Waals surface area contributed by atoms with Crippen LogP contribution >= 0.6 is 0 Å². The number of esters is 2. The van der Waals surface area contributed by atoms with Crippen LogP contribution in [0.15, 0.2) is 121 Å². The van der Waals surface area contributed by atoms with Gasteiger partial charge in [0.25, 0.3) is 0 Å². The summed E-state index contributed by atoms with van der Waals surface area (Å²) in [7, 11) is 1.62. The van der Waals surface area contributed by atoms with Crippen molar-refractivity contribution in [2.75, 3.05) is 33.4 Å². The number of allylic oxidation sites excluding steroid dienone is 2. The highest BCUT2D eigenvalue weighted by Crippen LogP contribution is 2.42.